The lowest BCUT2D eigenvalue weighted by Gasteiger charge is -2.22. The molecule has 1 aliphatic heterocycles. The molecule has 0 saturated carbocycles. The molecule has 0 aliphatic carbocycles. The number of methoxy groups -OCH3 is 1. The summed E-state index contributed by atoms with van der Waals surface area (Å²) in [6.45, 7) is 5.32. The Morgan fingerprint density at radius 1 is 1.50 bits per heavy atom. The van der Waals surface area contributed by atoms with Gasteiger partial charge in [-0.3, -0.25) is 9.69 Å². The first-order valence-corrected chi connectivity index (χ1v) is 5.68. The van der Waals surface area contributed by atoms with Crippen molar-refractivity contribution in [2.75, 3.05) is 20.2 Å². The monoisotopic (exact) mass is 228 g/mol. The van der Waals surface area contributed by atoms with Crippen molar-refractivity contribution < 1.29 is 14.3 Å². The van der Waals surface area contributed by atoms with Gasteiger partial charge in [0.05, 0.1) is 7.11 Å². The number of carbonyl (C=O) groups excluding carboxylic acids is 2. The molecule has 1 aliphatic rings. The van der Waals surface area contributed by atoms with Gasteiger partial charge in [0.15, 0.2) is 0 Å². The molecular weight excluding hydrogens is 208 g/mol. The number of ether oxygens (including phenoxy) is 1. The molecule has 0 spiro atoms. The molecule has 0 bridgehead atoms. The molecule has 5 heteroatoms. The fraction of sp³-hybridized carbons (Fsp3) is 0.818. The number of hydrogen-bond donors (Lipinski definition) is 1. The number of rotatable bonds is 3. The Morgan fingerprint density at radius 3 is 2.75 bits per heavy atom. The van der Waals surface area contributed by atoms with Gasteiger partial charge in [0.25, 0.3) is 0 Å². The number of carbonyl (C=O) groups is 2. The quantitative estimate of drug-likeness (QED) is 0.783. The van der Waals surface area contributed by atoms with Crippen molar-refractivity contribution in [3.63, 3.8) is 0 Å². The highest BCUT2D eigenvalue weighted by molar-refractivity contribution is 5.86. The Hall–Kier alpha value is -1.26. The van der Waals surface area contributed by atoms with Crippen LogP contribution in [0.1, 0.15) is 26.7 Å². The van der Waals surface area contributed by atoms with Crippen LogP contribution in [0.15, 0.2) is 0 Å². The highest BCUT2D eigenvalue weighted by Crippen LogP contribution is 2.18. The van der Waals surface area contributed by atoms with Gasteiger partial charge in [-0.2, -0.15) is 0 Å². The zero-order valence-electron chi connectivity index (χ0n) is 10.2. The minimum absolute atomic E-state index is 0.0726. The third-order valence-electron chi connectivity index (χ3n) is 2.65. The first-order valence-electron chi connectivity index (χ1n) is 5.68. The van der Waals surface area contributed by atoms with Crippen LogP contribution in [0.4, 0.5) is 4.79 Å². The summed E-state index contributed by atoms with van der Waals surface area (Å²) in [6, 6.07) is -0.355. The lowest BCUT2D eigenvalue weighted by atomic mass is 10.2. The summed E-state index contributed by atoms with van der Waals surface area (Å²) in [6.07, 6.45) is 1.16. The lowest BCUT2D eigenvalue weighted by molar-refractivity contribution is -0.125. The number of nitrogens with one attached hydrogen (secondary N) is 1. The second kappa shape index (κ2) is 5.72. The normalized spacial score (nSPS) is 20.0. The van der Waals surface area contributed by atoms with Crippen LogP contribution >= 0.6 is 0 Å². The molecule has 0 radical (unpaired) electrons. The maximum Gasteiger partial charge on any atom is 0.410 e. The molecule has 16 heavy (non-hydrogen) atoms. The highest BCUT2D eigenvalue weighted by Gasteiger charge is 2.34. The number of amides is 2. The van der Waals surface area contributed by atoms with Crippen molar-refractivity contribution >= 4 is 12.0 Å². The first-order chi connectivity index (χ1) is 7.56. The predicted octanol–water partition coefficient (Wildman–Crippen LogP) is 0.989. The van der Waals surface area contributed by atoms with Crippen molar-refractivity contribution in [3.05, 3.63) is 0 Å². The van der Waals surface area contributed by atoms with Crippen LogP contribution < -0.4 is 5.32 Å². The van der Waals surface area contributed by atoms with E-state index in [4.69, 9.17) is 0 Å². The second-order valence-corrected chi connectivity index (χ2v) is 4.46. The van der Waals surface area contributed by atoms with Gasteiger partial charge in [-0.1, -0.05) is 13.8 Å². The maximum atomic E-state index is 11.8. The van der Waals surface area contributed by atoms with E-state index in [2.05, 4.69) is 10.1 Å². The van der Waals surface area contributed by atoms with Crippen molar-refractivity contribution in [3.8, 4) is 0 Å². The lowest BCUT2D eigenvalue weighted by Crippen LogP contribution is -2.46. The summed E-state index contributed by atoms with van der Waals surface area (Å²) in [7, 11) is 1.34. The van der Waals surface area contributed by atoms with Crippen LogP contribution in [0.25, 0.3) is 0 Å². The molecule has 2 amide bonds. The summed E-state index contributed by atoms with van der Waals surface area (Å²) in [5.41, 5.74) is 0. The molecule has 5 nitrogen and oxygen atoms in total. The topological polar surface area (TPSA) is 58.6 Å². The van der Waals surface area contributed by atoms with Crippen molar-refractivity contribution in [2.24, 2.45) is 5.92 Å². The maximum absolute atomic E-state index is 11.8. The van der Waals surface area contributed by atoms with E-state index in [0.717, 1.165) is 12.8 Å². The standard InChI is InChI=1S/C11H20N2O3/c1-8(2)7-12-10(14)9-5-4-6-13(9)11(15)16-3/h8-9H,4-7H2,1-3H3,(H,12,14). The first kappa shape index (κ1) is 12.8. The minimum atomic E-state index is -0.415. The van der Waals surface area contributed by atoms with Gasteiger partial charge in [0.2, 0.25) is 5.91 Å². The number of likely N-dealkylation sites (tertiary alicyclic amines) is 1. The van der Waals surface area contributed by atoms with Crippen LogP contribution in [0, 0.1) is 5.92 Å². The molecule has 1 fully saturated rings. The third kappa shape index (κ3) is 3.12. The van der Waals surface area contributed by atoms with E-state index < -0.39 is 6.09 Å². The molecule has 0 aromatic heterocycles. The van der Waals surface area contributed by atoms with Crippen LogP contribution in [-0.4, -0.2) is 43.1 Å². The Morgan fingerprint density at radius 2 is 2.19 bits per heavy atom. The predicted molar refractivity (Wildman–Crippen MR) is 60.0 cm³/mol. The Labute approximate surface area is 96.1 Å². The van der Waals surface area contributed by atoms with Crippen LogP contribution in [0.5, 0.6) is 0 Å². The molecule has 1 heterocycles. The molecule has 1 N–H and O–H groups in total. The van der Waals surface area contributed by atoms with Crippen LogP contribution in [-0.2, 0) is 9.53 Å². The average molecular weight is 228 g/mol. The summed E-state index contributed by atoms with van der Waals surface area (Å²) in [5.74, 6) is 0.341. The SMILES string of the molecule is COC(=O)N1CCCC1C(=O)NCC(C)C. The van der Waals surface area contributed by atoms with Gasteiger partial charge < -0.3 is 10.1 Å². The zero-order valence-corrected chi connectivity index (χ0v) is 10.2. The summed E-state index contributed by atoms with van der Waals surface area (Å²) < 4.78 is 4.65. The fourth-order valence-electron chi connectivity index (χ4n) is 1.80. The van der Waals surface area contributed by atoms with Gasteiger partial charge in [-0.25, -0.2) is 4.79 Å². The fourth-order valence-corrected chi connectivity index (χ4v) is 1.80. The molecule has 1 rings (SSSR count). The number of hydrogen-bond acceptors (Lipinski definition) is 3. The molecule has 92 valence electrons. The Kier molecular flexibility index (Phi) is 4.58. The Balaban J connectivity index is 2.51. The van der Waals surface area contributed by atoms with E-state index in [9.17, 15) is 9.59 Å². The highest BCUT2D eigenvalue weighted by atomic mass is 16.5. The van der Waals surface area contributed by atoms with E-state index in [-0.39, 0.29) is 11.9 Å². The zero-order chi connectivity index (χ0) is 12.1. The second-order valence-electron chi connectivity index (χ2n) is 4.46. The van der Waals surface area contributed by atoms with Crippen LogP contribution in [0.2, 0.25) is 0 Å². The van der Waals surface area contributed by atoms with E-state index >= 15 is 0 Å². The molecule has 1 unspecified atom stereocenters. The minimum Gasteiger partial charge on any atom is -0.453 e. The van der Waals surface area contributed by atoms with Crippen molar-refractivity contribution in [1.82, 2.24) is 10.2 Å². The van der Waals surface area contributed by atoms with E-state index in [0.29, 0.717) is 19.0 Å². The average Bonchev–Trinajstić information content (AvgIpc) is 2.73. The summed E-state index contributed by atoms with van der Waals surface area (Å²) in [5, 5.41) is 2.84. The summed E-state index contributed by atoms with van der Waals surface area (Å²) >= 11 is 0. The van der Waals surface area contributed by atoms with Crippen LogP contribution in [0.3, 0.4) is 0 Å². The molecule has 0 aromatic carbocycles. The van der Waals surface area contributed by atoms with E-state index in [1.807, 2.05) is 13.8 Å². The van der Waals surface area contributed by atoms with Gasteiger partial charge in [0.1, 0.15) is 6.04 Å². The van der Waals surface area contributed by atoms with Gasteiger partial charge in [-0.15, -0.1) is 0 Å². The van der Waals surface area contributed by atoms with E-state index in [1.54, 1.807) is 0 Å². The summed E-state index contributed by atoms with van der Waals surface area (Å²) in [4.78, 5) is 24.7. The number of nitrogens with zero attached hydrogens (tertiary/aromatic N) is 1. The van der Waals surface area contributed by atoms with E-state index in [1.165, 1.54) is 12.0 Å². The smallest absolute Gasteiger partial charge is 0.410 e. The molecule has 1 saturated heterocycles. The van der Waals surface area contributed by atoms with Gasteiger partial charge >= 0.3 is 6.09 Å². The molecule has 0 aromatic rings. The third-order valence-corrected chi connectivity index (χ3v) is 2.65. The molecular formula is C11H20N2O3. The largest absolute Gasteiger partial charge is 0.453 e. The van der Waals surface area contributed by atoms with Gasteiger partial charge in [0, 0.05) is 13.1 Å². The van der Waals surface area contributed by atoms with Crippen molar-refractivity contribution in [2.45, 2.75) is 32.7 Å². The van der Waals surface area contributed by atoms with Crippen molar-refractivity contribution in [1.29, 1.82) is 0 Å². The van der Waals surface area contributed by atoms with Gasteiger partial charge in [-0.05, 0) is 18.8 Å². The molecule has 1 atom stereocenters. The Bertz CT molecular complexity index is 266.